The Morgan fingerprint density at radius 3 is 2.62 bits per heavy atom. The molecule has 1 aliphatic rings. The highest BCUT2D eigenvalue weighted by atomic mass is 16.2. The fourth-order valence-corrected chi connectivity index (χ4v) is 3.32. The minimum absolute atomic E-state index is 0.0320. The van der Waals surface area contributed by atoms with Gasteiger partial charge < -0.3 is 10.6 Å². The molecule has 1 aliphatic heterocycles. The molecule has 0 bridgehead atoms. The molecule has 0 saturated heterocycles. The van der Waals surface area contributed by atoms with Gasteiger partial charge in [0.2, 0.25) is 0 Å². The molecule has 2 heterocycles. The molecule has 0 aliphatic carbocycles. The number of nitrogens with zero attached hydrogens (tertiary/aromatic N) is 2. The Balaban J connectivity index is 1.75. The molecule has 6 heteroatoms. The van der Waals surface area contributed by atoms with Crippen molar-refractivity contribution >= 4 is 11.8 Å². The van der Waals surface area contributed by atoms with Crippen molar-refractivity contribution in [1.82, 2.24) is 20.5 Å². The number of likely N-dealkylation sites (N-methyl/N-ethyl adjacent to an activating group) is 1. The third kappa shape index (κ3) is 4.26. The Morgan fingerprint density at radius 2 is 1.88 bits per heavy atom. The second-order valence-electron chi connectivity index (χ2n) is 6.36. The van der Waals surface area contributed by atoms with E-state index < -0.39 is 11.8 Å². The molecule has 136 valence electrons. The van der Waals surface area contributed by atoms with Gasteiger partial charge in [-0.05, 0) is 36.1 Å². The van der Waals surface area contributed by atoms with Crippen LogP contribution in [-0.2, 0) is 22.6 Å². The molecule has 0 radical (unpaired) electrons. The van der Waals surface area contributed by atoms with Crippen LogP contribution in [0.3, 0.4) is 0 Å². The average molecular weight is 352 g/mol. The first-order valence-corrected chi connectivity index (χ1v) is 8.95. The lowest BCUT2D eigenvalue weighted by molar-refractivity contribution is -0.139. The number of hydrogen-bond donors (Lipinski definition) is 2. The van der Waals surface area contributed by atoms with Crippen LogP contribution in [0.5, 0.6) is 0 Å². The van der Waals surface area contributed by atoms with Crippen LogP contribution in [-0.4, -0.2) is 41.3 Å². The van der Waals surface area contributed by atoms with Gasteiger partial charge in [-0.2, -0.15) is 0 Å². The van der Waals surface area contributed by atoms with Crippen molar-refractivity contribution in [3.63, 3.8) is 0 Å². The summed E-state index contributed by atoms with van der Waals surface area (Å²) in [5, 5.41) is 5.29. The number of benzene rings is 1. The molecular weight excluding hydrogens is 328 g/mol. The number of amides is 2. The fourth-order valence-electron chi connectivity index (χ4n) is 3.32. The zero-order valence-corrected chi connectivity index (χ0v) is 14.9. The lowest BCUT2D eigenvalue weighted by atomic mass is 9.97. The summed E-state index contributed by atoms with van der Waals surface area (Å²) in [6.45, 7) is 4.29. The van der Waals surface area contributed by atoms with Crippen molar-refractivity contribution in [2.24, 2.45) is 0 Å². The van der Waals surface area contributed by atoms with Crippen molar-refractivity contribution in [3.05, 3.63) is 65.5 Å². The van der Waals surface area contributed by atoms with Crippen molar-refractivity contribution in [1.29, 1.82) is 0 Å². The Hall–Kier alpha value is -2.73. The van der Waals surface area contributed by atoms with Crippen LogP contribution in [0.4, 0.5) is 0 Å². The third-order valence-corrected chi connectivity index (χ3v) is 4.67. The van der Waals surface area contributed by atoms with Crippen LogP contribution < -0.4 is 10.6 Å². The van der Waals surface area contributed by atoms with Gasteiger partial charge >= 0.3 is 11.8 Å². The van der Waals surface area contributed by atoms with Gasteiger partial charge in [0, 0.05) is 38.6 Å². The lowest BCUT2D eigenvalue weighted by Crippen LogP contribution is -2.45. The maximum Gasteiger partial charge on any atom is 0.309 e. The summed E-state index contributed by atoms with van der Waals surface area (Å²) in [7, 11) is 0. The summed E-state index contributed by atoms with van der Waals surface area (Å²) in [5.41, 5.74) is 3.71. The van der Waals surface area contributed by atoms with Crippen LogP contribution in [0.15, 0.2) is 48.8 Å². The molecule has 2 N–H and O–H groups in total. The van der Waals surface area contributed by atoms with Crippen molar-refractivity contribution in [2.75, 3.05) is 19.6 Å². The highest BCUT2D eigenvalue weighted by molar-refractivity contribution is 6.35. The molecular formula is C20H24N4O2. The van der Waals surface area contributed by atoms with E-state index in [1.165, 1.54) is 11.1 Å². The minimum atomic E-state index is -0.599. The molecule has 6 nitrogen and oxygen atoms in total. The van der Waals surface area contributed by atoms with Crippen LogP contribution in [0.1, 0.15) is 29.7 Å². The predicted molar refractivity (Wildman–Crippen MR) is 99.2 cm³/mol. The number of fused-ring (bicyclic) bond motifs is 1. The molecule has 1 aromatic heterocycles. The molecule has 1 aromatic carbocycles. The lowest BCUT2D eigenvalue weighted by Gasteiger charge is -2.35. The number of carbonyl (C=O) groups is 2. The highest BCUT2D eigenvalue weighted by Crippen LogP contribution is 2.27. The van der Waals surface area contributed by atoms with E-state index in [0.717, 1.165) is 25.1 Å². The fraction of sp³-hybridized carbons (Fsp3) is 0.350. The summed E-state index contributed by atoms with van der Waals surface area (Å²) >= 11 is 0. The topological polar surface area (TPSA) is 74.3 Å². The average Bonchev–Trinajstić information content (AvgIpc) is 2.69. The van der Waals surface area contributed by atoms with Gasteiger partial charge in [0.1, 0.15) is 0 Å². The van der Waals surface area contributed by atoms with E-state index in [1.807, 2.05) is 18.3 Å². The predicted octanol–water partition coefficient (Wildman–Crippen LogP) is 1.43. The van der Waals surface area contributed by atoms with Gasteiger partial charge in [0.25, 0.3) is 0 Å². The number of carbonyl (C=O) groups excluding carboxylic acids is 2. The Morgan fingerprint density at radius 1 is 1.12 bits per heavy atom. The molecule has 3 rings (SSSR count). The van der Waals surface area contributed by atoms with Gasteiger partial charge in [0.05, 0.1) is 6.04 Å². The molecule has 0 saturated carbocycles. The van der Waals surface area contributed by atoms with Crippen molar-refractivity contribution in [2.45, 2.75) is 25.9 Å². The second-order valence-corrected chi connectivity index (χ2v) is 6.36. The molecule has 0 unspecified atom stereocenters. The number of pyridine rings is 1. The second kappa shape index (κ2) is 8.58. The monoisotopic (exact) mass is 352 g/mol. The Kier molecular flexibility index (Phi) is 5.96. The van der Waals surface area contributed by atoms with Crippen LogP contribution in [0, 0.1) is 0 Å². The molecule has 1 atom stereocenters. The number of hydrogen-bond acceptors (Lipinski definition) is 4. The van der Waals surface area contributed by atoms with E-state index in [-0.39, 0.29) is 6.04 Å². The van der Waals surface area contributed by atoms with Crippen LogP contribution in [0.2, 0.25) is 0 Å². The maximum absolute atomic E-state index is 12.0. The molecule has 0 fully saturated rings. The normalized spacial score (nSPS) is 15.0. The van der Waals surface area contributed by atoms with E-state index in [0.29, 0.717) is 13.1 Å². The third-order valence-electron chi connectivity index (χ3n) is 4.67. The maximum atomic E-state index is 12.0. The van der Waals surface area contributed by atoms with Gasteiger partial charge in [0.15, 0.2) is 0 Å². The van der Waals surface area contributed by atoms with E-state index in [4.69, 9.17) is 0 Å². The highest BCUT2D eigenvalue weighted by Gasteiger charge is 2.26. The molecule has 2 aromatic rings. The van der Waals surface area contributed by atoms with Gasteiger partial charge in [-0.3, -0.25) is 19.5 Å². The standard InChI is InChI=1S/C20H24N4O2/c1-2-22-19(25)20(26)23-13-18(16-8-5-10-21-12-16)24-11-9-15-6-3-4-7-17(15)14-24/h3-8,10,12,18H,2,9,11,13-14H2,1H3,(H,22,25)(H,23,26)/t18-/m0/s1. The van der Waals surface area contributed by atoms with Crippen molar-refractivity contribution < 1.29 is 9.59 Å². The van der Waals surface area contributed by atoms with Gasteiger partial charge in [-0.25, -0.2) is 0 Å². The molecule has 0 spiro atoms. The SMILES string of the molecule is CCNC(=O)C(=O)NC[C@@H](c1cccnc1)N1CCc2ccccc2C1. The minimum Gasteiger partial charge on any atom is -0.348 e. The summed E-state index contributed by atoms with van der Waals surface area (Å²) in [6, 6.07) is 12.3. The number of rotatable bonds is 5. The van der Waals surface area contributed by atoms with E-state index in [2.05, 4.69) is 44.8 Å². The first kappa shape index (κ1) is 18.1. The summed E-state index contributed by atoms with van der Waals surface area (Å²) in [6.07, 6.45) is 4.53. The van der Waals surface area contributed by atoms with E-state index >= 15 is 0 Å². The summed E-state index contributed by atoms with van der Waals surface area (Å²) in [5.74, 6) is -1.19. The number of aromatic nitrogens is 1. The zero-order valence-electron chi connectivity index (χ0n) is 14.9. The zero-order chi connectivity index (χ0) is 18.4. The van der Waals surface area contributed by atoms with Gasteiger partial charge in [-0.15, -0.1) is 0 Å². The summed E-state index contributed by atoms with van der Waals surface area (Å²) < 4.78 is 0. The van der Waals surface area contributed by atoms with E-state index in [9.17, 15) is 9.59 Å². The van der Waals surface area contributed by atoms with Crippen LogP contribution >= 0.6 is 0 Å². The number of nitrogens with one attached hydrogen (secondary N) is 2. The van der Waals surface area contributed by atoms with Crippen molar-refractivity contribution in [3.8, 4) is 0 Å². The smallest absolute Gasteiger partial charge is 0.309 e. The Bertz CT molecular complexity index is 763. The first-order valence-electron chi connectivity index (χ1n) is 8.95. The quantitative estimate of drug-likeness (QED) is 0.799. The molecule has 26 heavy (non-hydrogen) atoms. The Labute approximate surface area is 153 Å². The molecule has 2 amide bonds. The van der Waals surface area contributed by atoms with E-state index in [1.54, 1.807) is 13.1 Å². The largest absolute Gasteiger partial charge is 0.348 e. The summed E-state index contributed by atoms with van der Waals surface area (Å²) in [4.78, 5) is 30.2. The first-order chi connectivity index (χ1) is 12.7. The van der Waals surface area contributed by atoms with Gasteiger partial charge in [-0.1, -0.05) is 30.3 Å². The van der Waals surface area contributed by atoms with Crippen LogP contribution in [0.25, 0.3) is 0 Å².